The van der Waals surface area contributed by atoms with E-state index in [9.17, 15) is 4.79 Å². The number of ether oxygens (including phenoxy) is 1. The Hall–Kier alpha value is -1.84. The standard InChI is InChI=1S/C13H16N2O2/c14-12(16)8-7-10-4-3-9-15-13(10)17-11-5-1-2-6-11/h3-4,7-9,11H,1-2,5-6H2,(H2,14,16)/b8-7+. The normalized spacial score (nSPS) is 16.5. The summed E-state index contributed by atoms with van der Waals surface area (Å²) in [5.41, 5.74) is 5.86. The van der Waals surface area contributed by atoms with Crippen LogP contribution in [0.1, 0.15) is 31.2 Å². The molecule has 1 amide bonds. The average Bonchev–Trinajstić information content (AvgIpc) is 2.80. The number of primary amides is 1. The van der Waals surface area contributed by atoms with E-state index in [0.29, 0.717) is 5.88 Å². The quantitative estimate of drug-likeness (QED) is 0.806. The molecule has 1 heterocycles. The van der Waals surface area contributed by atoms with Gasteiger partial charge < -0.3 is 10.5 Å². The van der Waals surface area contributed by atoms with Gasteiger partial charge in [-0.15, -0.1) is 0 Å². The molecular formula is C13H16N2O2. The predicted molar refractivity (Wildman–Crippen MR) is 65.3 cm³/mol. The van der Waals surface area contributed by atoms with E-state index in [1.165, 1.54) is 18.9 Å². The summed E-state index contributed by atoms with van der Waals surface area (Å²) in [4.78, 5) is 14.9. The van der Waals surface area contributed by atoms with Crippen LogP contribution in [0.3, 0.4) is 0 Å². The molecule has 0 atom stereocenters. The average molecular weight is 232 g/mol. The maximum atomic E-state index is 10.7. The van der Waals surface area contributed by atoms with Crippen LogP contribution < -0.4 is 10.5 Å². The highest BCUT2D eigenvalue weighted by molar-refractivity contribution is 5.90. The SMILES string of the molecule is NC(=O)/C=C/c1cccnc1OC1CCCC1. The smallest absolute Gasteiger partial charge is 0.241 e. The van der Waals surface area contributed by atoms with Crippen molar-refractivity contribution in [3.8, 4) is 5.88 Å². The maximum absolute atomic E-state index is 10.7. The summed E-state index contributed by atoms with van der Waals surface area (Å²) in [7, 11) is 0. The molecule has 0 aliphatic heterocycles. The van der Waals surface area contributed by atoms with E-state index >= 15 is 0 Å². The molecule has 1 aromatic rings. The van der Waals surface area contributed by atoms with Crippen molar-refractivity contribution in [1.29, 1.82) is 0 Å². The van der Waals surface area contributed by atoms with Crippen molar-refractivity contribution in [3.05, 3.63) is 30.0 Å². The summed E-state index contributed by atoms with van der Waals surface area (Å²) in [6.45, 7) is 0. The van der Waals surface area contributed by atoms with E-state index in [4.69, 9.17) is 10.5 Å². The van der Waals surface area contributed by atoms with Gasteiger partial charge in [0.05, 0.1) is 0 Å². The monoisotopic (exact) mass is 232 g/mol. The van der Waals surface area contributed by atoms with E-state index in [1.807, 2.05) is 12.1 Å². The number of hydrogen-bond donors (Lipinski definition) is 1. The maximum Gasteiger partial charge on any atom is 0.241 e. The molecule has 4 heteroatoms. The van der Waals surface area contributed by atoms with E-state index < -0.39 is 5.91 Å². The molecule has 90 valence electrons. The Morgan fingerprint density at radius 3 is 2.94 bits per heavy atom. The second-order valence-electron chi connectivity index (χ2n) is 4.16. The summed E-state index contributed by atoms with van der Waals surface area (Å²) in [6.07, 6.45) is 9.48. The predicted octanol–water partition coefficient (Wildman–Crippen LogP) is 1.90. The van der Waals surface area contributed by atoms with Crippen molar-refractivity contribution < 1.29 is 9.53 Å². The van der Waals surface area contributed by atoms with Crippen LogP contribution in [-0.2, 0) is 4.79 Å². The Balaban J connectivity index is 2.12. The first-order chi connectivity index (χ1) is 8.25. The van der Waals surface area contributed by atoms with Crippen LogP contribution >= 0.6 is 0 Å². The Morgan fingerprint density at radius 1 is 1.47 bits per heavy atom. The van der Waals surface area contributed by atoms with E-state index in [2.05, 4.69) is 4.98 Å². The molecule has 0 saturated heterocycles. The number of rotatable bonds is 4. The van der Waals surface area contributed by atoms with E-state index in [-0.39, 0.29) is 6.10 Å². The van der Waals surface area contributed by atoms with Gasteiger partial charge in [-0.25, -0.2) is 4.98 Å². The second-order valence-corrected chi connectivity index (χ2v) is 4.16. The van der Waals surface area contributed by atoms with Gasteiger partial charge in [-0.3, -0.25) is 4.79 Å². The van der Waals surface area contributed by atoms with Crippen molar-refractivity contribution >= 4 is 12.0 Å². The largest absolute Gasteiger partial charge is 0.474 e. The first-order valence-corrected chi connectivity index (χ1v) is 5.85. The van der Waals surface area contributed by atoms with Crippen LogP contribution in [0.15, 0.2) is 24.4 Å². The van der Waals surface area contributed by atoms with E-state index in [0.717, 1.165) is 18.4 Å². The van der Waals surface area contributed by atoms with Crippen molar-refractivity contribution in [2.24, 2.45) is 5.73 Å². The summed E-state index contributed by atoms with van der Waals surface area (Å²) in [5, 5.41) is 0. The summed E-state index contributed by atoms with van der Waals surface area (Å²) >= 11 is 0. The number of aromatic nitrogens is 1. The lowest BCUT2D eigenvalue weighted by Gasteiger charge is -2.13. The molecule has 1 aliphatic rings. The van der Waals surface area contributed by atoms with Gasteiger partial charge >= 0.3 is 0 Å². The number of hydrogen-bond acceptors (Lipinski definition) is 3. The fraction of sp³-hybridized carbons (Fsp3) is 0.385. The second kappa shape index (κ2) is 5.48. The molecule has 0 radical (unpaired) electrons. The molecule has 0 aromatic carbocycles. The molecule has 1 aliphatic carbocycles. The van der Waals surface area contributed by atoms with Gasteiger partial charge in [-0.05, 0) is 43.9 Å². The lowest BCUT2D eigenvalue weighted by molar-refractivity contribution is -0.113. The third-order valence-corrected chi connectivity index (χ3v) is 2.81. The molecule has 0 spiro atoms. The van der Waals surface area contributed by atoms with Gasteiger partial charge in [0.15, 0.2) is 0 Å². The fourth-order valence-electron chi connectivity index (χ4n) is 1.96. The highest BCUT2D eigenvalue weighted by Crippen LogP contribution is 2.25. The third kappa shape index (κ3) is 3.31. The molecule has 2 rings (SSSR count). The lowest BCUT2D eigenvalue weighted by Crippen LogP contribution is -2.12. The molecule has 0 bridgehead atoms. The third-order valence-electron chi connectivity index (χ3n) is 2.81. The van der Waals surface area contributed by atoms with E-state index in [1.54, 1.807) is 12.3 Å². The summed E-state index contributed by atoms with van der Waals surface area (Å²) < 4.78 is 5.82. The molecule has 4 nitrogen and oxygen atoms in total. The van der Waals surface area contributed by atoms with Crippen molar-refractivity contribution in [2.75, 3.05) is 0 Å². The molecule has 0 unspecified atom stereocenters. The topological polar surface area (TPSA) is 65.2 Å². The van der Waals surface area contributed by atoms with Gasteiger partial charge in [0, 0.05) is 17.8 Å². The molecular weight excluding hydrogens is 216 g/mol. The highest BCUT2D eigenvalue weighted by Gasteiger charge is 2.17. The van der Waals surface area contributed by atoms with Crippen LogP contribution in [0.4, 0.5) is 0 Å². The number of carbonyl (C=O) groups excluding carboxylic acids is 1. The first kappa shape index (κ1) is 11.6. The Morgan fingerprint density at radius 2 is 2.24 bits per heavy atom. The lowest BCUT2D eigenvalue weighted by atomic mass is 10.2. The number of amides is 1. The zero-order valence-electron chi connectivity index (χ0n) is 9.63. The molecule has 1 aromatic heterocycles. The van der Waals surface area contributed by atoms with Gasteiger partial charge in [0.1, 0.15) is 6.10 Å². The number of carbonyl (C=O) groups is 1. The minimum atomic E-state index is -0.472. The number of pyridine rings is 1. The summed E-state index contributed by atoms with van der Waals surface area (Å²) in [5.74, 6) is 0.109. The highest BCUT2D eigenvalue weighted by atomic mass is 16.5. The van der Waals surface area contributed by atoms with Gasteiger partial charge in [-0.1, -0.05) is 0 Å². The van der Waals surface area contributed by atoms with Gasteiger partial charge in [-0.2, -0.15) is 0 Å². The van der Waals surface area contributed by atoms with Crippen LogP contribution in [0.25, 0.3) is 6.08 Å². The zero-order chi connectivity index (χ0) is 12.1. The van der Waals surface area contributed by atoms with Crippen molar-refractivity contribution in [2.45, 2.75) is 31.8 Å². The molecule has 1 saturated carbocycles. The van der Waals surface area contributed by atoms with Gasteiger partial charge in [0.2, 0.25) is 11.8 Å². The molecule has 1 fully saturated rings. The Kier molecular flexibility index (Phi) is 3.75. The van der Waals surface area contributed by atoms with Crippen LogP contribution in [0.5, 0.6) is 5.88 Å². The number of nitrogens with zero attached hydrogens (tertiary/aromatic N) is 1. The molecule has 17 heavy (non-hydrogen) atoms. The van der Waals surface area contributed by atoms with Gasteiger partial charge in [0.25, 0.3) is 0 Å². The number of nitrogens with two attached hydrogens (primary N) is 1. The van der Waals surface area contributed by atoms with Crippen LogP contribution in [0.2, 0.25) is 0 Å². The first-order valence-electron chi connectivity index (χ1n) is 5.85. The minimum absolute atomic E-state index is 0.255. The van der Waals surface area contributed by atoms with Crippen molar-refractivity contribution in [1.82, 2.24) is 4.98 Å². The van der Waals surface area contributed by atoms with Crippen LogP contribution in [0, 0.1) is 0 Å². The Bertz CT molecular complexity index is 423. The van der Waals surface area contributed by atoms with Crippen LogP contribution in [-0.4, -0.2) is 17.0 Å². The zero-order valence-corrected chi connectivity index (χ0v) is 9.63. The minimum Gasteiger partial charge on any atom is -0.474 e. The fourth-order valence-corrected chi connectivity index (χ4v) is 1.96. The molecule has 2 N–H and O–H groups in total. The van der Waals surface area contributed by atoms with Crippen molar-refractivity contribution in [3.63, 3.8) is 0 Å². The summed E-state index contributed by atoms with van der Waals surface area (Å²) in [6, 6.07) is 3.67. The Labute approximate surface area is 100 Å².